The van der Waals surface area contributed by atoms with E-state index in [0.717, 1.165) is 34.1 Å². The lowest BCUT2D eigenvalue weighted by Gasteiger charge is -2.30. The van der Waals surface area contributed by atoms with E-state index in [1.807, 2.05) is 0 Å². The molecule has 0 atom stereocenters. The molecular formula is C86H66N2. The predicted octanol–water partition coefficient (Wildman–Crippen LogP) is 23.6. The van der Waals surface area contributed by atoms with E-state index in [1.54, 1.807) is 0 Å². The van der Waals surface area contributed by atoms with Crippen LogP contribution in [0, 0.1) is 0 Å². The van der Waals surface area contributed by atoms with Gasteiger partial charge in [-0.15, -0.1) is 0 Å². The highest BCUT2D eigenvalue weighted by Gasteiger charge is 2.40. The summed E-state index contributed by atoms with van der Waals surface area (Å²) in [6.45, 7) is 19.1. The first-order valence-corrected chi connectivity index (χ1v) is 31.5. The van der Waals surface area contributed by atoms with Gasteiger partial charge in [-0.25, -0.2) is 0 Å². The number of hydrogen-bond donors (Lipinski definition) is 0. The lowest BCUT2D eigenvalue weighted by molar-refractivity contribution is 0.659. The second kappa shape index (κ2) is 17.8. The normalized spacial score (nSPS) is 15.4. The topological polar surface area (TPSA) is 6.48 Å². The van der Waals surface area contributed by atoms with Crippen LogP contribution >= 0.6 is 0 Å². The Balaban J connectivity index is 0.849. The first kappa shape index (κ1) is 51.2. The standard InChI is InChI=1S/C86H66N2/c1-83(2)73-29-17-13-23-59(73)63-39-33-53(47-77(63)83)87(54-34-40-64-60-24-14-18-30-74(60)84(3,4)78(64)48-54)51-37-43-69-71(45-51)57-21-9-11-27-67(57)82-70-44-38-52(46-72(70)58-22-10-12-28-68(58)81(69)82)88(55-35-41-65-61-25-15-19-31-75(61)85(5,6)79(65)49-55)56-36-42-66-62-26-16-20-32-76(62)86(7,8)80(66)50-56/h9-50H,1-8H3. The van der Waals surface area contributed by atoms with Crippen LogP contribution in [0.25, 0.3) is 98.4 Å². The highest BCUT2D eigenvalue weighted by Crippen LogP contribution is 2.57. The van der Waals surface area contributed by atoms with Crippen LogP contribution in [0.1, 0.15) is 99.9 Å². The molecule has 0 bridgehead atoms. The molecular weight excluding hydrogens is 1060 g/mol. The molecule has 420 valence electrons. The van der Waals surface area contributed by atoms with E-state index in [4.69, 9.17) is 0 Å². The number of benzene rings is 14. The zero-order valence-corrected chi connectivity index (χ0v) is 51.1. The summed E-state index contributed by atoms with van der Waals surface area (Å²) in [5.41, 5.74) is 27.8. The Kier molecular flexibility index (Phi) is 10.4. The van der Waals surface area contributed by atoms with Gasteiger partial charge in [-0.05, 0) is 216 Å². The van der Waals surface area contributed by atoms with E-state index in [9.17, 15) is 0 Å². The van der Waals surface area contributed by atoms with Gasteiger partial charge in [0.15, 0.2) is 0 Å². The third-order valence-electron chi connectivity index (χ3n) is 21.6. The molecule has 14 aromatic carbocycles. The highest BCUT2D eigenvalue weighted by molar-refractivity contribution is 6.40. The van der Waals surface area contributed by atoms with Gasteiger partial charge >= 0.3 is 0 Å². The second-order valence-electron chi connectivity index (χ2n) is 27.6. The second-order valence-corrected chi connectivity index (χ2v) is 27.6. The van der Waals surface area contributed by atoms with Gasteiger partial charge in [-0.1, -0.05) is 237 Å². The van der Waals surface area contributed by atoms with Crippen molar-refractivity contribution in [1.29, 1.82) is 0 Å². The van der Waals surface area contributed by atoms with Gasteiger partial charge in [-0.3, -0.25) is 0 Å². The van der Waals surface area contributed by atoms with Crippen LogP contribution in [-0.4, -0.2) is 0 Å². The van der Waals surface area contributed by atoms with Gasteiger partial charge < -0.3 is 9.80 Å². The maximum atomic E-state index is 2.53. The minimum absolute atomic E-state index is 0.158. The first-order valence-electron chi connectivity index (χ1n) is 31.5. The summed E-state index contributed by atoms with van der Waals surface area (Å²) in [4.78, 5) is 5.06. The number of anilines is 6. The fraction of sp³-hybridized carbons (Fsp3) is 0.140. The summed E-state index contributed by atoms with van der Waals surface area (Å²) in [6, 6.07) is 97.8. The van der Waals surface area contributed by atoms with Crippen molar-refractivity contribution < 1.29 is 0 Å². The molecule has 18 rings (SSSR count). The Labute approximate surface area is 515 Å². The van der Waals surface area contributed by atoms with Crippen molar-refractivity contribution in [2.24, 2.45) is 0 Å². The molecule has 4 aliphatic carbocycles. The van der Waals surface area contributed by atoms with Gasteiger partial charge in [0.25, 0.3) is 0 Å². The smallest absolute Gasteiger partial charge is 0.0468 e. The lowest BCUT2D eigenvalue weighted by atomic mass is 9.82. The van der Waals surface area contributed by atoms with Crippen molar-refractivity contribution in [3.05, 3.63) is 299 Å². The molecule has 2 heteroatoms. The quantitative estimate of drug-likeness (QED) is 0.153. The van der Waals surface area contributed by atoms with Crippen LogP contribution in [0.3, 0.4) is 0 Å². The SMILES string of the molecule is CC1(C)c2ccccc2-c2ccc(N(c3ccc4c(c3)C(C)(C)c3ccccc3-4)c3ccc4c(c3)c3ccccc3c3c5ccc(N(c6ccc7c(c6)C(C)(C)c6ccccc6-7)c6ccc7c(c6)C(C)(C)c6ccccc6-7)cc5c5ccccc5c43)cc21. The van der Waals surface area contributed by atoms with E-state index in [0.29, 0.717) is 0 Å². The van der Waals surface area contributed by atoms with Crippen LogP contribution in [0.4, 0.5) is 34.1 Å². The largest absolute Gasteiger partial charge is 0.310 e. The molecule has 2 nitrogen and oxygen atoms in total. The summed E-state index contributed by atoms with van der Waals surface area (Å²) in [5, 5.41) is 12.5. The molecule has 4 aliphatic rings. The molecule has 0 saturated heterocycles. The maximum Gasteiger partial charge on any atom is 0.0468 e. The maximum absolute atomic E-state index is 2.53. The highest BCUT2D eigenvalue weighted by atomic mass is 15.1. The predicted molar refractivity (Wildman–Crippen MR) is 374 cm³/mol. The molecule has 0 saturated carbocycles. The zero-order valence-electron chi connectivity index (χ0n) is 51.1. The average molecular weight is 1130 g/mol. The minimum atomic E-state index is -0.158. The Morgan fingerprint density at radius 1 is 0.182 bits per heavy atom. The summed E-state index contributed by atoms with van der Waals surface area (Å²) >= 11 is 0. The van der Waals surface area contributed by atoms with Crippen molar-refractivity contribution in [2.45, 2.75) is 77.0 Å². The van der Waals surface area contributed by atoms with Crippen molar-refractivity contribution in [3.8, 4) is 44.5 Å². The first-order chi connectivity index (χ1) is 42.7. The number of fused-ring (bicyclic) bond motifs is 23. The van der Waals surface area contributed by atoms with Gasteiger partial charge in [0.2, 0.25) is 0 Å². The molecule has 0 radical (unpaired) electrons. The molecule has 0 unspecified atom stereocenters. The summed E-state index contributed by atoms with van der Waals surface area (Å²) in [5.74, 6) is 0. The molecule has 0 aliphatic heterocycles. The fourth-order valence-corrected chi connectivity index (χ4v) is 17.1. The molecule has 0 heterocycles. The zero-order chi connectivity index (χ0) is 59.3. The molecule has 0 aromatic heterocycles. The van der Waals surface area contributed by atoms with E-state index in [1.165, 1.54) is 143 Å². The van der Waals surface area contributed by atoms with E-state index < -0.39 is 0 Å². The van der Waals surface area contributed by atoms with Crippen molar-refractivity contribution in [1.82, 2.24) is 0 Å². The summed E-state index contributed by atoms with van der Waals surface area (Å²) in [7, 11) is 0. The van der Waals surface area contributed by atoms with Crippen LogP contribution in [0.15, 0.2) is 255 Å². The fourth-order valence-electron chi connectivity index (χ4n) is 17.1. The number of nitrogens with zero attached hydrogens (tertiary/aromatic N) is 2. The molecule has 88 heavy (non-hydrogen) atoms. The van der Waals surface area contributed by atoms with Crippen molar-refractivity contribution in [3.63, 3.8) is 0 Å². The lowest BCUT2D eigenvalue weighted by Crippen LogP contribution is -2.18. The van der Waals surface area contributed by atoms with Crippen LogP contribution in [0.5, 0.6) is 0 Å². The monoisotopic (exact) mass is 1130 g/mol. The minimum Gasteiger partial charge on any atom is -0.310 e. The Bertz CT molecular complexity index is 4860. The summed E-state index contributed by atoms with van der Waals surface area (Å²) in [6.07, 6.45) is 0. The van der Waals surface area contributed by atoms with E-state index >= 15 is 0 Å². The van der Waals surface area contributed by atoms with Gasteiger partial charge in [-0.2, -0.15) is 0 Å². The Morgan fingerprint density at radius 2 is 0.398 bits per heavy atom. The molecule has 0 fully saturated rings. The van der Waals surface area contributed by atoms with E-state index in [2.05, 4.69) is 320 Å². The van der Waals surface area contributed by atoms with Gasteiger partial charge in [0.05, 0.1) is 0 Å². The third-order valence-corrected chi connectivity index (χ3v) is 21.6. The number of rotatable bonds is 6. The summed E-state index contributed by atoms with van der Waals surface area (Å²) < 4.78 is 0. The van der Waals surface area contributed by atoms with Gasteiger partial charge in [0, 0.05) is 55.8 Å². The van der Waals surface area contributed by atoms with Gasteiger partial charge in [0.1, 0.15) is 0 Å². The molecule has 0 N–H and O–H groups in total. The van der Waals surface area contributed by atoms with Crippen molar-refractivity contribution >= 4 is 88.0 Å². The number of hydrogen-bond acceptors (Lipinski definition) is 2. The third kappa shape index (κ3) is 6.84. The van der Waals surface area contributed by atoms with Crippen LogP contribution in [-0.2, 0) is 21.7 Å². The van der Waals surface area contributed by atoms with E-state index in [-0.39, 0.29) is 21.7 Å². The van der Waals surface area contributed by atoms with Crippen LogP contribution < -0.4 is 9.80 Å². The average Bonchev–Trinajstić information content (AvgIpc) is 1.05. The van der Waals surface area contributed by atoms with Crippen molar-refractivity contribution in [2.75, 3.05) is 9.80 Å². The molecule has 14 aromatic rings. The Morgan fingerprint density at radius 3 is 0.693 bits per heavy atom. The molecule has 0 spiro atoms. The molecule has 0 amide bonds. The van der Waals surface area contributed by atoms with Crippen LogP contribution in [0.2, 0.25) is 0 Å². The Hall–Kier alpha value is -10.0.